The van der Waals surface area contributed by atoms with Gasteiger partial charge in [-0.3, -0.25) is 9.10 Å². The number of nitrogens with zero attached hydrogens (tertiary/aromatic N) is 3. The van der Waals surface area contributed by atoms with E-state index in [2.05, 4.69) is 34.2 Å². The monoisotopic (exact) mass is 534 g/mol. The number of carbonyl (C=O) groups is 1. The Labute approximate surface area is 222 Å². The number of aromatic nitrogens is 1. The van der Waals surface area contributed by atoms with Crippen LogP contribution in [0.4, 0.5) is 5.69 Å². The number of amides is 1. The minimum Gasteiger partial charge on any atom is -0.318 e. The van der Waals surface area contributed by atoms with Crippen LogP contribution in [0.2, 0.25) is 5.02 Å². The van der Waals surface area contributed by atoms with Gasteiger partial charge in [-0.25, -0.2) is 13.8 Å². The first-order valence-corrected chi connectivity index (χ1v) is 13.4. The molecule has 3 aromatic carbocycles. The highest BCUT2D eigenvalue weighted by Crippen LogP contribution is 2.26. The molecule has 0 aliphatic rings. The third-order valence-corrected chi connectivity index (χ3v) is 7.96. The first-order valence-electron chi connectivity index (χ1n) is 11.6. The number of para-hydroxylation sites is 1. The lowest BCUT2D eigenvalue weighted by Gasteiger charge is -2.23. The molecular weight excluding hydrogens is 508 g/mol. The molecule has 0 radical (unpaired) electrons. The summed E-state index contributed by atoms with van der Waals surface area (Å²) < 4.78 is 29.9. The molecule has 1 amide bonds. The van der Waals surface area contributed by atoms with Crippen molar-refractivity contribution in [3.8, 4) is 5.69 Å². The molecule has 1 heterocycles. The van der Waals surface area contributed by atoms with Crippen LogP contribution < -0.4 is 9.73 Å². The summed E-state index contributed by atoms with van der Waals surface area (Å²) in [6.07, 6.45) is 1.56. The molecule has 4 rings (SSSR count). The van der Waals surface area contributed by atoms with E-state index >= 15 is 0 Å². The standard InChI is InChI=1S/C28H27ClN4O3S/c1-20-10-7-8-15-27(20)33-21(2)16-23(22(33)3)18-30-31-28(34)19-32(25-12-9-11-24(29)17-25)37(35,36)26-13-5-4-6-14-26/h4-18H,19H2,1-3H3,(H,31,34)/b30-18+. The number of sulfonamides is 1. The van der Waals surface area contributed by atoms with Crippen LogP contribution in [0.5, 0.6) is 0 Å². The van der Waals surface area contributed by atoms with Crippen LogP contribution in [-0.2, 0) is 14.8 Å². The van der Waals surface area contributed by atoms with Crippen LogP contribution in [0.25, 0.3) is 5.69 Å². The van der Waals surface area contributed by atoms with Crippen molar-refractivity contribution in [2.75, 3.05) is 10.8 Å². The molecule has 37 heavy (non-hydrogen) atoms. The van der Waals surface area contributed by atoms with Gasteiger partial charge in [0.1, 0.15) is 6.54 Å². The van der Waals surface area contributed by atoms with E-state index in [4.69, 9.17) is 11.6 Å². The molecule has 9 heteroatoms. The van der Waals surface area contributed by atoms with Crippen molar-refractivity contribution in [2.45, 2.75) is 25.7 Å². The Morgan fingerprint density at radius 1 is 0.973 bits per heavy atom. The minimum atomic E-state index is -4.03. The van der Waals surface area contributed by atoms with E-state index in [1.54, 1.807) is 42.6 Å². The fourth-order valence-corrected chi connectivity index (χ4v) is 5.73. The first kappa shape index (κ1) is 26.2. The van der Waals surface area contributed by atoms with E-state index in [1.807, 2.05) is 32.0 Å². The van der Waals surface area contributed by atoms with Crippen molar-refractivity contribution >= 4 is 39.4 Å². The summed E-state index contributed by atoms with van der Waals surface area (Å²) in [5.74, 6) is -0.594. The van der Waals surface area contributed by atoms with Gasteiger partial charge in [0.05, 0.1) is 16.8 Å². The number of halogens is 1. The average molecular weight is 535 g/mol. The lowest BCUT2D eigenvalue weighted by atomic mass is 10.2. The highest BCUT2D eigenvalue weighted by Gasteiger charge is 2.27. The number of hydrogen-bond acceptors (Lipinski definition) is 4. The molecule has 0 spiro atoms. The molecule has 0 atom stereocenters. The van der Waals surface area contributed by atoms with Gasteiger partial charge in [-0.05, 0) is 68.8 Å². The molecule has 0 saturated carbocycles. The van der Waals surface area contributed by atoms with Crippen LogP contribution in [0.15, 0.2) is 94.9 Å². The van der Waals surface area contributed by atoms with Crippen molar-refractivity contribution in [1.82, 2.24) is 9.99 Å². The fraction of sp³-hybridized carbons (Fsp3) is 0.143. The highest BCUT2D eigenvalue weighted by atomic mass is 35.5. The van der Waals surface area contributed by atoms with E-state index in [0.29, 0.717) is 5.02 Å². The molecule has 0 bridgehead atoms. The smallest absolute Gasteiger partial charge is 0.264 e. The third kappa shape index (κ3) is 5.76. The van der Waals surface area contributed by atoms with Crippen LogP contribution in [0.1, 0.15) is 22.5 Å². The highest BCUT2D eigenvalue weighted by molar-refractivity contribution is 7.92. The van der Waals surface area contributed by atoms with Gasteiger partial charge in [0.2, 0.25) is 0 Å². The third-order valence-electron chi connectivity index (χ3n) is 5.93. The summed E-state index contributed by atoms with van der Waals surface area (Å²) in [6, 6.07) is 24.4. The summed E-state index contributed by atoms with van der Waals surface area (Å²) in [5, 5.41) is 4.46. The summed E-state index contributed by atoms with van der Waals surface area (Å²) >= 11 is 6.11. The van der Waals surface area contributed by atoms with Crippen molar-refractivity contribution in [3.63, 3.8) is 0 Å². The van der Waals surface area contributed by atoms with Gasteiger partial charge in [-0.1, -0.05) is 54.1 Å². The zero-order valence-electron chi connectivity index (χ0n) is 20.7. The Morgan fingerprint density at radius 2 is 1.68 bits per heavy atom. The Balaban J connectivity index is 1.55. The molecule has 4 aromatic rings. The largest absolute Gasteiger partial charge is 0.318 e. The zero-order chi connectivity index (χ0) is 26.6. The minimum absolute atomic E-state index is 0.0647. The molecule has 1 aromatic heterocycles. The Hall–Kier alpha value is -3.88. The SMILES string of the molecule is Cc1ccccc1-n1c(C)cc(/C=N/NC(=O)CN(c2cccc(Cl)c2)S(=O)(=O)c2ccccc2)c1C. The van der Waals surface area contributed by atoms with Crippen molar-refractivity contribution in [2.24, 2.45) is 5.10 Å². The van der Waals surface area contributed by atoms with Gasteiger partial charge >= 0.3 is 0 Å². The first-order chi connectivity index (χ1) is 17.7. The maximum Gasteiger partial charge on any atom is 0.264 e. The molecule has 7 nitrogen and oxygen atoms in total. The average Bonchev–Trinajstić information content (AvgIpc) is 3.16. The number of aryl methyl sites for hydroxylation is 2. The molecule has 0 aliphatic heterocycles. The molecule has 1 N–H and O–H groups in total. The fourth-order valence-electron chi connectivity index (χ4n) is 4.11. The van der Waals surface area contributed by atoms with Gasteiger partial charge < -0.3 is 4.57 Å². The number of benzene rings is 3. The number of nitrogens with one attached hydrogen (secondary N) is 1. The lowest BCUT2D eigenvalue weighted by Crippen LogP contribution is -2.39. The second-order valence-corrected chi connectivity index (χ2v) is 10.8. The van der Waals surface area contributed by atoms with E-state index in [-0.39, 0.29) is 10.6 Å². The Bertz CT molecular complexity index is 1560. The van der Waals surface area contributed by atoms with Crippen LogP contribution >= 0.6 is 11.6 Å². The van der Waals surface area contributed by atoms with Crippen LogP contribution in [0.3, 0.4) is 0 Å². The Kier molecular flexibility index (Phi) is 7.80. The van der Waals surface area contributed by atoms with E-state index in [0.717, 1.165) is 32.5 Å². The molecule has 0 saturated heterocycles. The molecule has 0 unspecified atom stereocenters. The summed E-state index contributed by atoms with van der Waals surface area (Å²) in [5.41, 5.74) is 7.78. The van der Waals surface area contributed by atoms with Crippen molar-refractivity contribution < 1.29 is 13.2 Å². The van der Waals surface area contributed by atoms with E-state index in [1.165, 1.54) is 18.2 Å². The van der Waals surface area contributed by atoms with E-state index in [9.17, 15) is 13.2 Å². The van der Waals surface area contributed by atoms with Gasteiger partial charge in [-0.15, -0.1) is 0 Å². The number of carbonyl (C=O) groups excluding carboxylic acids is 1. The second-order valence-electron chi connectivity index (χ2n) is 8.55. The van der Waals surface area contributed by atoms with Crippen molar-refractivity contribution in [3.05, 3.63) is 112 Å². The lowest BCUT2D eigenvalue weighted by molar-refractivity contribution is -0.119. The summed E-state index contributed by atoms with van der Waals surface area (Å²) in [7, 11) is -4.03. The molecule has 0 aliphatic carbocycles. The zero-order valence-corrected chi connectivity index (χ0v) is 22.3. The second kappa shape index (κ2) is 11.0. The van der Waals surface area contributed by atoms with Crippen LogP contribution in [-0.4, -0.2) is 31.7 Å². The maximum atomic E-state index is 13.4. The van der Waals surface area contributed by atoms with E-state index < -0.39 is 22.5 Å². The molecule has 0 fully saturated rings. The topological polar surface area (TPSA) is 83.8 Å². The molecular formula is C28H27ClN4O3S. The number of anilines is 1. The normalized spacial score (nSPS) is 11.6. The van der Waals surface area contributed by atoms with Gasteiger partial charge in [-0.2, -0.15) is 5.10 Å². The summed E-state index contributed by atoms with van der Waals surface area (Å²) in [6.45, 7) is 5.57. The van der Waals surface area contributed by atoms with Gasteiger partial charge in [0.25, 0.3) is 15.9 Å². The molecule has 190 valence electrons. The predicted molar refractivity (Wildman–Crippen MR) is 148 cm³/mol. The quantitative estimate of drug-likeness (QED) is 0.242. The van der Waals surface area contributed by atoms with Crippen molar-refractivity contribution in [1.29, 1.82) is 0 Å². The number of rotatable bonds is 8. The maximum absolute atomic E-state index is 13.4. The van der Waals surface area contributed by atoms with Gasteiger partial charge in [0, 0.05) is 27.7 Å². The van der Waals surface area contributed by atoms with Gasteiger partial charge in [0.15, 0.2) is 0 Å². The van der Waals surface area contributed by atoms with Crippen LogP contribution in [0, 0.1) is 20.8 Å². The number of hydrogen-bond donors (Lipinski definition) is 1. The summed E-state index contributed by atoms with van der Waals surface area (Å²) in [4.78, 5) is 12.9. The Morgan fingerprint density at radius 3 is 2.38 bits per heavy atom. The number of hydrazone groups is 1. The predicted octanol–water partition coefficient (Wildman–Crippen LogP) is 5.40.